The van der Waals surface area contributed by atoms with Gasteiger partial charge in [0, 0.05) is 6.54 Å². The monoisotopic (exact) mass is 265 g/mol. The zero-order valence-electron chi connectivity index (χ0n) is 11.9. The fourth-order valence-electron chi connectivity index (χ4n) is 1.64. The first-order valence-electron chi connectivity index (χ1n) is 6.67. The number of carbonyl (C=O) groups is 1. The van der Waals surface area contributed by atoms with Crippen LogP contribution < -0.4 is 10.1 Å². The van der Waals surface area contributed by atoms with Crippen LogP contribution in [-0.2, 0) is 4.79 Å². The molecule has 0 aromatic heterocycles. The third-order valence-electron chi connectivity index (χ3n) is 2.97. The van der Waals surface area contributed by atoms with E-state index in [1.807, 2.05) is 39.0 Å². The van der Waals surface area contributed by atoms with E-state index in [1.165, 1.54) is 0 Å². The fraction of sp³-hybridized carbons (Fsp3) is 0.533. The highest BCUT2D eigenvalue weighted by Gasteiger charge is 2.06. The van der Waals surface area contributed by atoms with Crippen LogP contribution in [0.1, 0.15) is 30.9 Å². The van der Waals surface area contributed by atoms with E-state index in [-0.39, 0.29) is 18.6 Å². The Morgan fingerprint density at radius 3 is 2.84 bits per heavy atom. The number of hydrogen-bond acceptors (Lipinski definition) is 3. The summed E-state index contributed by atoms with van der Waals surface area (Å²) in [5, 5.41) is 12.1. The van der Waals surface area contributed by atoms with Crippen LogP contribution in [-0.4, -0.2) is 30.3 Å². The van der Waals surface area contributed by atoms with Crippen molar-refractivity contribution >= 4 is 5.91 Å². The first-order chi connectivity index (χ1) is 9.02. The van der Waals surface area contributed by atoms with Gasteiger partial charge in [-0.1, -0.05) is 19.1 Å². The second kappa shape index (κ2) is 7.79. The number of rotatable bonds is 7. The zero-order valence-corrected chi connectivity index (χ0v) is 11.9. The number of carbonyl (C=O) groups excluding carboxylic acids is 1. The molecule has 0 aliphatic rings. The molecular weight excluding hydrogens is 242 g/mol. The van der Waals surface area contributed by atoms with Gasteiger partial charge in [0.25, 0.3) is 5.91 Å². The van der Waals surface area contributed by atoms with Crippen LogP contribution in [0.25, 0.3) is 0 Å². The number of amides is 1. The molecule has 1 atom stereocenters. The van der Waals surface area contributed by atoms with Gasteiger partial charge in [-0.05, 0) is 43.9 Å². The number of benzene rings is 1. The molecule has 1 amide bonds. The third-order valence-corrected chi connectivity index (χ3v) is 2.97. The Bertz CT molecular complexity index is 418. The molecule has 1 aromatic rings. The average Bonchev–Trinajstić information content (AvgIpc) is 2.39. The third kappa shape index (κ3) is 5.75. The Balaban J connectivity index is 2.32. The van der Waals surface area contributed by atoms with E-state index in [1.54, 1.807) is 0 Å². The van der Waals surface area contributed by atoms with Crippen LogP contribution in [0, 0.1) is 13.8 Å². The van der Waals surface area contributed by atoms with Crippen molar-refractivity contribution in [3.63, 3.8) is 0 Å². The number of hydrogen-bond donors (Lipinski definition) is 2. The van der Waals surface area contributed by atoms with Gasteiger partial charge in [-0.3, -0.25) is 4.79 Å². The fourth-order valence-corrected chi connectivity index (χ4v) is 1.64. The Morgan fingerprint density at radius 1 is 1.42 bits per heavy atom. The predicted molar refractivity (Wildman–Crippen MR) is 75.3 cm³/mol. The second-order valence-electron chi connectivity index (χ2n) is 4.76. The summed E-state index contributed by atoms with van der Waals surface area (Å²) in [5.74, 6) is 0.577. The standard InChI is InChI=1S/C15H23NO3/c1-4-13(17)7-8-16-15(18)10-19-14-9-11(2)5-6-12(14)3/h5-6,9,13,17H,4,7-8,10H2,1-3H3,(H,16,18). The normalized spacial score (nSPS) is 12.0. The Hall–Kier alpha value is -1.55. The largest absolute Gasteiger partial charge is 0.483 e. The highest BCUT2D eigenvalue weighted by Crippen LogP contribution is 2.18. The molecule has 0 bridgehead atoms. The van der Waals surface area contributed by atoms with Crippen molar-refractivity contribution < 1.29 is 14.6 Å². The van der Waals surface area contributed by atoms with Gasteiger partial charge >= 0.3 is 0 Å². The lowest BCUT2D eigenvalue weighted by molar-refractivity contribution is -0.123. The molecule has 106 valence electrons. The molecule has 1 aromatic carbocycles. The van der Waals surface area contributed by atoms with E-state index in [2.05, 4.69) is 5.32 Å². The molecule has 0 fully saturated rings. The van der Waals surface area contributed by atoms with Crippen molar-refractivity contribution in [1.29, 1.82) is 0 Å². The van der Waals surface area contributed by atoms with Crippen LogP contribution in [0.5, 0.6) is 5.75 Å². The quantitative estimate of drug-likeness (QED) is 0.792. The SMILES string of the molecule is CCC(O)CCNC(=O)COc1cc(C)ccc1C. The molecule has 0 spiro atoms. The molecule has 0 aliphatic heterocycles. The van der Waals surface area contributed by atoms with Crippen LogP contribution >= 0.6 is 0 Å². The van der Waals surface area contributed by atoms with E-state index in [9.17, 15) is 9.90 Å². The summed E-state index contributed by atoms with van der Waals surface area (Å²) in [7, 11) is 0. The minimum absolute atomic E-state index is 0.00646. The maximum absolute atomic E-state index is 11.6. The molecule has 1 rings (SSSR count). The molecule has 0 radical (unpaired) electrons. The molecular formula is C15H23NO3. The smallest absolute Gasteiger partial charge is 0.257 e. The molecule has 4 heteroatoms. The number of nitrogens with one attached hydrogen (secondary N) is 1. The molecule has 0 saturated carbocycles. The molecule has 2 N–H and O–H groups in total. The summed E-state index contributed by atoms with van der Waals surface area (Å²) in [6.07, 6.45) is 0.931. The maximum atomic E-state index is 11.6. The van der Waals surface area contributed by atoms with E-state index in [4.69, 9.17) is 4.74 Å². The molecule has 1 unspecified atom stereocenters. The van der Waals surface area contributed by atoms with E-state index < -0.39 is 0 Å². The summed E-state index contributed by atoms with van der Waals surface area (Å²) in [6, 6.07) is 5.90. The second-order valence-corrected chi connectivity index (χ2v) is 4.76. The van der Waals surface area contributed by atoms with E-state index in [0.717, 1.165) is 16.9 Å². The first kappa shape index (κ1) is 15.5. The maximum Gasteiger partial charge on any atom is 0.257 e. The van der Waals surface area contributed by atoms with Gasteiger partial charge < -0.3 is 15.2 Å². The number of aliphatic hydroxyl groups is 1. The summed E-state index contributed by atoms with van der Waals surface area (Å²) in [4.78, 5) is 11.6. The molecule has 0 heterocycles. The van der Waals surface area contributed by atoms with Crippen LogP contribution in [0.4, 0.5) is 0 Å². The van der Waals surface area contributed by atoms with Crippen molar-refractivity contribution in [1.82, 2.24) is 5.32 Å². The minimum Gasteiger partial charge on any atom is -0.483 e. The molecule has 19 heavy (non-hydrogen) atoms. The van der Waals surface area contributed by atoms with Gasteiger partial charge in [0.1, 0.15) is 5.75 Å². The van der Waals surface area contributed by atoms with Gasteiger partial charge in [-0.25, -0.2) is 0 Å². The Morgan fingerprint density at radius 2 is 2.16 bits per heavy atom. The van der Waals surface area contributed by atoms with Crippen molar-refractivity contribution in [3.05, 3.63) is 29.3 Å². The van der Waals surface area contributed by atoms with Crippen molar-refractivity contribution in [3.8, 4) is 5.75 Å². The number of aliphatic hydroxyl groups excluding tert-OH is 1. The number of aryl methyl sites for hydroxylation is 2. The average molecular weight is 265 g/mol. The highest BCUT2D eigenvalue weighted by atomic mass is 16.5. The number of ether oxygens (including phenoxy) is 1. The summed E-state index contributed by atoms with van der Waals surface area (Å²) in [6.45, 7) is 6.33. The van der Waals surface area contributed by atoms with Crippen LogP contribution in [0.3, 0.4) is 0 Å². The van der Waals surface area contributed by atoms with Crippen molar-refractivity contribution in [2.24, 2.45) is 0 Å². The molecule has 0 saturated heterocycles. The minimum atomic E-state index is -0.347. The Labute approximate surface area is 114 Å². The first-order valence-corrected chi connectivity index (χ1v) is 6.67. The van der Waals surface area contributed by atoms with Gasteiger partial charge in [-0.2, -0.15) is 0 Å². The van der Waals surface area contributed by atoms with E-state index >= 15 is 0 Å². The van der Waals surface area contributed by atoms with Gasteiger partial charge in [0.15, 0.2) is 6.61 Å². The lowest BCUT2D eigenvalue weighted by Crippen LogP contribution is -2.31. The highest BCUT2D eigenvalue weighted by molar-refractivity contribution is 5.77. The lowest BCUT2D eigenvalue weighted by atomic mass is 10.1. The summed E-state index contributed by atoms with van der Waals surface area (Å²) >= 11 is 0. The van der Waals surface area contributed by atoms with Gasteiger partial charge in [0.2, 0.25) is 0 Å². The summed E-state index contributed by atoms with van der Waals surface area (Å²) in [5.41, 5.74) is 2.12. The molecule has 0 aliphatic carbocycles. The topological polar surface area (TPSA) is 58.6 Å². The van der Waals surface area contributed by atoms with Crippen molar-refractivity contribution in [2.45, 2.75) is 39.7 Å². The van der Waals surface area contributed by atoms with Gasteiger partial charge in [0.05, 0.1) is 6.10 Å². The zero-order chi connectivity index (χ0) is 14.3. The predicted octanol–water partition coefficient (Wildman–Crippen LogP) is 1.96. The van der Waals surface area contributed by atoms with Crippen molar-refractivity contribution in [2.75, 3.05) is 13.2 Å². The lowest BCUT2D eigenvalue weighted by Gasteiger charge is -2.11. The summed E-state index contributed by atoms with van der Waals surface area (Å²) < 4.78 is 5.49. The Kier molecular flexibility index (Phi) is 6.36. The molecule has 4 nitrogen and oxygen atoms in total. The van der Waals surface area contributed by atoms with Gasteiger partial charge in [-0.15, -0.1) is 0 Å². The van der Waals surface area contributed by atoms with Crippen LogP contribution in [0.2, 0.25) is 0 Å². The van der Waals surface area contributed by atoms with E-state index in [0.29, 0.717) is 19.4 Å². The van der Waals surface area contributed by atoms with Crippen LogP contribution in [0.15, 0.2) is 18.2 Å².